The van der Waals surface area contributed by atoms with Crippen LogP contribution < -0.4 is 5.73 Å². The molecule has 9 heteroatoms. The summed E-state index contributed by atoms with van der Waals surface area (Å²) in [5.41, 5.74) is 12.1. The lowest BCUT2D eigenvalue weighted by Crippen LogP contribution is -2.23. The summed E-state index contributed by atoms with van der Waals surface area (Å²) >= 11 is 6.29. The van der Waals surface area contributed by atoms with Gasteiger partial charge in [-0.25, -0.2) is 9.78 Å². The summed E-state index contributed by atoms with van der Waals surface area (Å²) in [6.45, 7) is 13.6. The average Bonchev–Trinajstić information content (AvgIpc) is 3.36. The third-order valence-corrected chi connectivity index (χ3v) is 9.63. The number of nitrogen functional groups attached to an aromatic ring is 1. The number of benzene rings is 3. The molecule has 0 aliphatic carbocycles. The molecule has 0 aliphatic rings. The van der Waals surface area contributed by atoms with Crippen molar-refractivity contribution in [3.8, 4) is 11.1 Å². The molecule has 3 aromatic carbocycles. The highest BCUT2D eigenvalue weighted by atomic mass is 35.5. The number of anilines is 1. The van der Waals surface area contributed by atoms with Gasteiger partial charge in [0.1, 0.15) is 18.2 Å². The zero-order valence-corrected chi connectivity index (χ0v) is 29.3. The van der Waals surface area contributed by atoms with Crippen LogP contribution in [0.15, 0.2) is 85.1 Å². The monoisotopic (exact) mass is 654 g/mol. The van der Waals surface area contributed by atoms with Crippen LogP contribution in [0.2, 0.25) is 30.7 Å². The number of carbonyl (C=O) groups is 1. The molecule has 0 amide bonds. The second kappa shape index (κ2) is 13.8. The van der Waals surface area contributed by atoms with Gasteiger partial charge in [-0.05, 0) is 81.3 Å². The van der Waals surface area contributed by atoms with Crippen LogP contribution in [0.3, 0.4) is 0 Å². The third kappa shape index (κ3) is 8.43. The second-order valence-corrected chi connectivity index (χ2v) is 20.0. The van der Waals surface area contributed by atoms with Crippen LogP contribution in [0.1, 0.15) is 54.1 Å². The maximum atomic E-state index is 13.0. The first kappa shape index (κ1) is 33.4. The van der Waals surface area contributed by atoms with E-state index in [1.165, 1.54) is 0 Å². The first-order chi connectivity index (χ1) is 21.8. The number of aromatic nitrogens is 3. The van der Waals surface area contributed by atoms with E-state index in [1.54, 1.807) is 18.2 Å². The molecule has 0 bridgehead atoms. The van der Waals surface area contributed by atoms with Crippen molar-refractivity contribution in [2.45, 2.75) is 71.1 Å². The Hall–Kier alpha value is -3.98. The summed E-state index contributed by atoms with van der Waals surface area (Å²) in [5.74, 6) is 0.233. The molecule has 2 N–H and O–H groups in total. The van der Waals surface area contributed by atoms with Crippen molar-refractivity contribution in [3.63, 3.8) is 0 Å². The largest absolute Gasteiger partial charge is 0.456 e. The van der Waals surface area contributed by atoms with Crippen LogP contribution in [-0.4, -0.2) is 40.8 Å². The summed E-state index contributed by atoms with van der Waals surface area (Å²) in [6.07, 6.45) is 2.51. The standard InChI is InChI=1S/C37H43ClN4O3Si/c1-37(2,3)45-36(43)26-13-17-34-33(21-26)41-35(42(34)24-44-18-19-46(4,5)6)30(20-25-10-8-7-9-11-25)32-16-12-27(23-40-32)29-22-28(38)14-15-31(29)39/h7-17,21-23,30H,18-20,24,39H2,1-6H3. The van der Waals surface area contributed by atoms with Gasteiger partial charge in [-0.2, -0.15) is 0 Å². The Morgan fingerprint density at radius 1 is 1.00 bits per heavy atom. The Bertz CT molecular complexity index is 1810. The fourth-order valence-electron chi connectivity index (χ4n) is 5.28. The number of carbonyl (C=O) groups excluding carboxylic acids is 1. The highest BCUT2D eigenvalue weighted by Gasteiger charge is 2.26. The van der Waals surface area contributed by atoms with Crippen molar-refractivity contribution in [3.05, 3.63) is 113 Å². The van der Waals surface area contributed by atoms with Gasteiger partial charge in [0, 0.05) is 42.7 Å². The van der Waals surface area contributed by atoms with Crippen molar-refractivity contribution >= 4 is 42.4 Å². The van der Waals surface area contributed by atoms with Gasteiger partial charge in [0.15, 0.2) is 0 Å². The highest BCUT2D eigenvalue weighted by Crippen LogP contribution is 2.33. The molecule has 5 aromatic rings. The molecule has 46 heavy (non-hydrogen) atoms. The molecule has 0 spiro atoms. The molecule has 2 heterocycles. The summed E-state index contributed by atoms with van der Waals surface area (Å²) in [6, 6.07) is 26.4. The zero-order valence-electron chi connectivity index (χ0n) is 27.5. The van der Waals surface area contributed by atoms with E-state index in [4.69, 9.17) is 36.8 Å². The molecule has 0 radical (unpaired) electrons. The van der Waals surface area contributed by atoms with E-state index in [-0.39, 0.29) is 11.9 Å². The molecule has 1 atom stereocenters. The molecular formula is C37H43ClN4O3Si. The van der Waals surface area contributed by atoms with E-state index in [0.29, 0.717) is 41.5 Å². The number of ether oxygens (including phenoxy) is 2. The lowest BCUT2D eigenvalue weighted by Gasteiger charge is -2.20. The summed E-state index contributed by atoms with van der Waals surface area (Å²) in [7, 11) is -1.28. The average molecular weight is 655 g/mol. The van der Waals surface area contributed by atoms with E-state index in [1.807, 2.05) is 75.5 Å². The summed E-state index contributed by atoms with van der Waals surface area (Å²) in [4.78, 5) is 23.1. The Morgan fingerprint density at radius 3 is 2.43 bits per heavy atom. The zero-order chi connectivity index (χ0) is 33.1. The molecule has 0 aliphatic heterocycles. The van der Waals surface area contributed by atoms with Crippen molar-refractivity contribution < 1.29 is 14.3 Å². The fraction of sp³-hybridized carbons (Fsp3) is 0.324. The minimum atomic E-state index is -1.28. The molecule has 0 fully saturated rings. The van der Waals surface area contributed by atoms with Crippen molar-refractivity contribution in [2.24, 2.45) is 0 Å². The smallest absolute Gasteiger partial charge is 0.338 e. The second-order valence-electron chi connectivity index (χ2n) is 13.9. The molecule has 5 rings (SSSR count). The fourth-order valence-corrected chi connectivity index (χ4v) is 6.20. The number of halogens is 1. The van der Waals surface area contributed by atoms with Crippen LogP contribution in [0.4, 0.5) is 5.69 Å². The molecule has 240 valence electrons. The quantitative estimate of drug-likeness (QED) is 0.0661. The Morgan fingerprint density at radius 2 is 1.76 bits per heavy atom. The van der Waals surface area contributed by atoms with Crippen LogP contribution >= 0.6 is 11.6 Å². The maximum Gasteiger partial charge on any atom is 0.338 e. The predicted octanol–water partition coefficient (Wildman–Crippen LogP) is 8.98. The number of rotatable bonds is 11. The number of hydrogen-bond acceptors (Lipinski definition) is 6. The van der Waals surface area contributed by atoms with Crippen LogP contribution in [0.25, 0.3) is 22.2 Å². The van der Waals surface area contributed by atoms with Gasteiger partial charge in [0.2, 0.25) is 0 Å². The van der Waals surface area contributed by atoms with Gasteiger partial charge >= 0.3 is 5.97 Å². The maximum absolute atomic E-state index is 13.0. The highest BCUT2D eigenvalue weighted by molar-refractivity contribution is 6.76. The molecule has 0 saturated heterocycles. The molecule has 2 aromatic heterocycles. The number of hydrogen-bond donors (Lipinski definition) is 1. The number of nitrogens with zero attached hydrogens (tertiary/aromatic N) is 3. The van der Waals surface area contributed by atoms with E-state index >= 15 is 0 Å². The number of pyridine rings is 1. The molecular weight excluding hydrogens is 612 g/mol. The number of imidazole rings is 1. The van der Waals surface area contributed by atoms with E-state index in [9.17, 15) is 4.79 Å². The van der Waals surface area contributed by atoms with Crippen LogP contribution in [-0.2, 0) is 22.6 Å². The van der Waals surface area contributed by atoms with E-state index in [0.717, 1.165) is 39.8 Å². The SMILES string of the molecule is CC(C)(C)OC(=O)c1ccc2c(c1)nc(C(Cc1ccccc1)c1ccc(-c3cc(Cl)ccc3N)cn1)n2COCC[Si](C)(C)C. The van der Waals surface area contributed by atoms with Crippen molar-refractivity contribution in [2.75, 3.05) is 12.3 Å². The van der Waals surface area contributed by atoms with Gasteiger partial charge in [-0.3, -0.25) is 4.98 Å². The van der Waals surface area contributed by atoms with Crippen molar-refractivity contribution in [1.29, 1.82) is 0 Å². The van der Waals surface area contributed by atoms with Gasteiger partial charge in [0.05, 0.1) is 28.2 Å². The number of fused-ring (bicyclic) bond motifs is 1. The molecule has 0 saturated carbocycles. The van der Waals surface area contributed by atoms with Gasteiger partial charge < -0.3 is 19.8 Å². The molecule has 7 nitrogen and oxygen atoms in total. The Kier molecular flexibility index (Phi) is 10.0. The number of esters is 1. The topological polar surface area (TPSA) is 92.3 Å². The van der Waals surface area contributed by atoms with E-state index in [2.05, 4.69) is 36.3 Å². The summed E-state index contributed by atoms with van der Waals surface area (Å²) < 4.78 is 14.1. The lowest BCUT2D eigenvalue weighted by atomic mass is 9.94. The first-order valence-corrected chi connectivity index (χ1v) is 19.7. The normalized spacial score (nSPS) is 12.8. The Balaban J connectivity index is 1.59. The van der Waals surface area contributed by atoms with Crippen molar-refractivity contribution in [1.82, 2.24) is 14.5 Å². The lowest BCUT2D eigenvalue weighted by molar-refractivity contribution is 0.00696. The van der Waals surface area contributed by atoms with Gasteiger partial charge in [0.25, 0.3) is 0 Å². The number of nitrogens with two attached hydrogens (primary N) is 1. The molecule has 1 unspecified atom stereocenters. The first-order valence-electron chi connectivity index (χ1n) is 15.6. The van der Waals surface area contributed by atoms with Gasteiger partial charge in [-0.15, -0.1) is 0 Å². The minimum Gasteiger partial charge on any atom is -0.456 e. The Labute approximate surface area is 277 Å². The summed E-state index contributed by atoms with van der Waals surface area (Å²) in [5, 5.41) is 0.615. The predicted molar refractivity (Wildman–Crippen MR) is 190 cm³/mol. The van der Waals surface area contributed by atoms with Crippen LogP contribution in [0, 0.1) is 0 Å². The van der Waals surface area contributed by atoms with Gasteiger partial charge in [-0.1, -0.05) is 67.6 Å². The van der Waals surface area contributed by atoms with E-state index < -0.39 is 13.7 Å². The third-order valence-electron chi connectivity index (χ3n) is 7.69. The van der Waals surface area contributed by atoms with Crippen LogP contribution in [0.5, 0.6) is 0 Å². The minimum absolute atomic E-state index is 0.203.